The molecule has 3 aliphatic rings. The highest BCUT2D eigenvalue weighted by atomic mass is 16.1. The van der Waals surface area contributed by atoms with E-state index >= 15 is 0 Å². The highest BCUT2D eigenvalue weighted by Gasteiger charge is 2.57. The van der Waals surface area contributed by atoms with Crippen molar-refractivity contribution in [3.63, 3.8) is 0 Å². The standard InChI is InChI=1S/C11H16O/c12-11-9-6-5-7-3-1-2-4-8(7)10(9)11/h7-10H,1-6H2. The molecule has 0 heterocycles. The second-order valence-electron chi connectivity index (χ2n) is 4.82. The number of hydrogen-bond donors (Lipinski definition) is 0. The number of fused-ring (bicyclic) bond motifs is 3. The summed E-state index contributed by atoms with van der Waals surface area (Å²) in [5.41, 5.74) is 0. The molecule has 0 aromatic rings. The summed E-state index contributed by atoms with van der Waals surface area (Å²) in [6.45, 7) is 0. The Morgan fingerprint density at radius 2 is 1.83 bits per heavy atom. The Morgan fingerprint density at radius 1 is 1.00 bits per heavy atom. The fraction of sp³-hybridized carbons (Fsp3) is 0.909. The molecular formula is C11H16O. The van der Waals surface area contributed by atoms with Gasteiger partial charge in [0.2, 0.25) is 0 Å². The normalized spacial score (nSPS) is 51.2. The third kappa shape index (κ3) is 0.826. The monoisotopic (exact) mass is 164 g/mol. The lowest BCUT2D eigenvalue weighted by atomic mass is 9.71. The van der Waals surface area contributed by atoms with Gasteiger partial charge in [0.15, 0.2) is 0 Å². The zero-order chi connectivity index (χ0) is 8.13. The first-order chi connectivity index (χ1) is 5.88. The molecule has 0 spiro atoms. The van der Waals surface area contributed by atoms with E-state index in [1.165, 1.54) is 38.5 Å². The van der Waals surface area contributed by atoms with E-state index in [4.69, 9.17) is 0 Å². The molecule has 3 aliphatic carbocycles. The average Bonchev–Trinajstić information content (AvgIpc) is 2.78. The first-order valence-corrected chi connectivity index (χ1v) is 5.41. The number of carbonyl (C=O) groups is 1. The van der Waals surface area contributed by atoms with E-state index in [1.807, 2.05) is 0 Å². The first-order valence-electron chi connectivity index (χ1n) is 5.41. The lowest BCUT2D eigenvalue weighted by Gasteiger charge is -2.34. The topological polar surface area (TPSA) is 17.1 Å². The van der Waals surface area contributed by atoms with Gasteiger partial charge in [-0.05, 0) is 31.1 Å². The highest BCUT2D eigenvalue weighted by molar-refractivity contribution is 5.99. The Kier molecular flexibility index (Phi) is 1.38. The third-order valence-electron chi connectivity index (χ3n) is 4.30. The Balaban J connectivity index is 1.81. The molecular weight excluding hydrogens is 148 g/mol. The number of ketones is 1. The van der Waals surface area contributed by atoms with Crippen LogP contribution in [0.5, 0.6) is 0 Å². The molecule has 0 radical (unpaired) electrons. The van der Waals surface area contributed by atoms with Crippen molar-refractivity contribution >= 4 is 5.78 Å². The number of hydrogen-bond acceptors (Lipinski definition) is 1. The second-order valence-corrected chi connectivity index (χ2v) is 4.82. The largest absolute Gasteiger partial charge is 0.299 e. The molecule has 3 fully saturated rings. The summed E-state index contributed by atoms with van der Waals surface area (Å²) in [6, 6.07) is 0. The molecule has 1 heteroatoms. The maximum atomic E-state index is 11.4. The first kappa shape index (κ1) is 7.11. The van der Waals surface area contributed by atoms with Gasteiger partial charge in [0, 0.05) is 11.8 Å². The Morgan fingerprint density at radius 3 is 2.75 bits per heavy atom. The maximum absolute atomic E-state index is 11.4. The van der Waals surface area contributed by atoms with Gasteiger partial charge in [-0.25, -0.2) is 0 Å². The van der Waals surface area contributed by atoms with Crippen LogP contribution in [0.3, 0.4) is 0 Å². The van der Waals surface area contributed by atoms with Gasteiger partial charge >= 0.3 is 0 Å². The van der Waals surface area contributed by atoms with E-state index in [9.17, 15) is 4.79 Å². The number of Topliss-reactive ketones (excluding diaryl/α,β-unsaturated/α-hetero) is 1. The van der Waals surface area contributed by atoms with Crippen molar-refractivity contribution in [3.8, 4) is 0 Å². The van der Waals surface area contributed by atoms with Crippen LogP contribution < -0.4 is 0 Å². The summed E-state index contributed by atoms with van der Waals surface area (Å²) in [5, 5.41) is 0. The van der Waals surface area contributed by atoms with Crippen molar-refractivity contribution < 1.29 is 4.79 Å². The quantitative estimate of drug-likeness (QED) is 0.537. The van der Waals surface area contributed by atoms with Crippen LogP contribution >= 0.6 is 0 Å². The molecule has 0 aliphatic heterocycles. The van der Waals surface area contributed by atoms with E-state index < -0.39 is 0 Å². The second kappa shape index (κ2) is 2.34. The molecule has 12 heavy (non-hydrogen) atoms. The van der Waals surface area contributed by atoms with Gasteiger partial charge in [-0.3, -0.25) is 4.79 Å². The van der Waals surface area contributed by atoms with Crippen LogP contribution in [-0.2, 0) is 4.79 Å². The summed E-state index contributed by atoms with van der Waals surface area (Å²) in [7, 11) is 0. The molecule has 0 bridgehead atoms. The Hall–Kier alpha value is -0.330. The summed E-state index contributed by atoms with van der Waals surface area (Å²) >= 11 is 0. The molecule has 0 N–H and O–H groups in total. The van der Waals surface area contributed by atoms with E-state index in [1.54, 1.807) is 0 Å². The van der Waals surface area contributed by atoms with Crippen LogP contribution in [0, 0.1) is 23.7 Å². The minimum atomic E-state index is 0.532. The maximum Gasteiger partial charge on any atom is 0.140 e. The van der Waals surface area contributed by atoms with Crippen LogP contribution in [0.25, 0.3) is 0 Å². The van der Waals surface area contributed by atoms with E-state index in [-0.39, 0.29) is 0 Å². The zero-order valence-electron chi connectivity index (χ0n) is 7.46. The van der Waals surface area contributed by atoms with Gasteiger partial charge in [-0.2, -0.15) is 0 Å². The SMILES string of the molecule is O=C1C2CCC3CCCCC3C12. The van der Waals surface area contributed by atoms with Crippen LogP contribution in [0.1, 0.15) is 38.5 Å². The molecule has 0 saturated heterocycles. The molecule has 1 nitrogen and oxygen atoms in total. The van der Waals surface area contributed by atoms with E-state index in [0.29, 0.717) is 17.6 Å². The molecule has 3 rings (SSSR count). The average molecular weight is 164 g/mol. The summed E-state index contributed by atoms with van der Waals surface area (Å²) in [6.07, 6.45) is 8.17. The lowest BCUT2D eigenvalue weighted by Crippen LogP contribution is -2.25. The molecule has 4 unspecified atom stereocenters. The molecule has 4 atom stereocenters. The molecule has 66 valence electrons. The van der Waals surface area contributed by atoms with Crippen molar-refractivity contribution in [1.82, 2.24) is 0 Å². The lowest BCUT2D eigenvalue weighted by molar-refractivity contribution is -0.112. The molecule has 0 aromatic carbocycles. The smallest absolute Gasteiger partial charge is 0.140 e. The third-order valence-corrected chi connectivity index (χ3v) is 4.30. The zero-order valence-corrected chi connectivity index (χ0v) is 7.46. The number of carbonyl (C=O) groups excluding carboxylic acids is 1. The van der Waals surface area contributed by atoms with Crippen LogP contribution in [0.4, 0.5) is 0 Å². The fourth-order valence-corrected chi connectivity index (χ4v) is 3.61. The van der Waals surface area contributed by atoms with Gasteiger partial charge in [-0.1, -0.05) is 19.3 Å². The van der Waals surface area contributed by atoms with Gasteiger partial charge in [0.05, 0.1) is 0 Å². The predicted molar refractivity (Wildman–Crippen MR) is 46.7 cm³/mol. The van der Waals surface area contributed by atoms with Crippen molar-refractivity contribution in [3.05, 3.63) is 0 Å². The fourth-order valence-electron chi connectivity index (χ4n) is 3.61. The minimum Gasteiger partial charge on any atom is -0.299 e. The van der Waals surface area contributed by atoms with Crippen molar-refractivity contribution in [2.75, 3.05) is 0 Å². The Bertz CT molecular complexity index is 221. The summed E-state index contributed by atoms with van der Waals surface area (Å²) in [5.74, 6) is 3.45. The van der Waals surface area contributed by atoms with Gasteiger partial charge in [0.25, 0.3) is 0 Å². The van der Waals surface area contributed by atoms with Crippen molar-refractivity contribution in [1.29, 1.82) is 0 Å². The summed E-state index contributed by atoms with van der Waals surface area (Å²) < 4.78 is 0. The van der Waals surface area contributed by atoms with E-state index in [0.717, 1.165) is 11.8 Å². The molecule has 0 amide bonds. The summed E-state index contributed by atoms with van der Waals surface area (Å²) in [4.78, 5) is 11.4. The molecule has 3 saturated carbocycles. The van der Waals surface area contributed by atoms with E-state index in [2.05, 4.69) is 0 Å². The predicted octanol–water partition coefficient (Wildman–Crippen LogP) is 2.40. The van der Waals surface area contributed by atoms with Crippen LogP contribution in [0.15, 0.2) is 0 Å². The Labute approximate surface area is 73.5 Å². The van der Waals surface area contributed by atoms with Crippen molar-refractivity contribution in [2.24, 2.45) is 23.7 Å². The van der Waals surface area contributed by atoms with Gasteiger partial charge in [-0.15, -0.1) is 0 Å². The molecule has 0 aromatic heterocycles. The van der Waals surface area contributed by atoms with Crippen LogP contribution in [0.2, 0.25) is 0 Å². The highest BCUT2D eigenvalue weighted by Crippen LogP contribution is 2.55. The van der Waals surface area contributed by atoms with Gasteiger partial charge in [0.1, 0.15) is 5.78 Å². The number of rotatable bonds is 0. The van der Waals surface area contributed by atoms with Gasteiger partial charge < -0.3 is 0 Å². The minimum absolute atomic E-state index is 0.532. The van der Waals surface area contributed by atoms with Crippen molar-refractivity contribution in [2.45, 2.75) is 38.5 Å². The van der Waals surface area contributed by atoms with Crippen LogP contribution in [-0.4, -0.2) is 5.78 Å².